The van der Waals surface area contributed by atoms with Gasteiger partial charge in [0.05, 0.1) is 29.3 Å². The number of pyridine rings is 1. The number of nitrogens with zero attached hydrogens (tertiary/aromatic N) is 3. The van der Waals surface area contributed by atoms with Gasteiger partial charge < -0.3 is 25.4 Å². The van der Waals surface area contributed by atoms with Crippen LogP contribution >= 0.6 is 0 Å². The summed E-state index contributed by atoms with van der Waals surface area (Å²) in [5, 5.41) is 10.8. The monoisotopic (exact) mass is 608 g/mol. The molecule has 0 atom stereocenters. The number of aromatic amines is 1. The lowest BCUT2D eigenvalue weighted by atomic mass is 9.92. The predicted molar refractivity (Wildman–Crippen MR) is 168 cm³/mol. The summed E-state index contributed by atoms with van der Waals surface area (Å²) in [5.74, 6) is -0.156. The summed E-state index contributed by atoms with van der Waals surface area (Å²) in [6.45, 7) is 1.62. The summed E-state index contributed by atoms with van der Waals surface area (Å²) < 4.78 is 24.4. The number of hydrogen-bond acceptors (Lipinski definition) is 7. The van der Waals surface area contributed by atoms with Crippen LogP contribution in [-0.2, 0) is 17.9 Å². The van der Waals surface area contributed by atoms with Crippen molar-refractivity contribution in [2.45, 2.75) is 31.9 Å². The van der Waals surface area contributed by atoms with Crippen LogP contribution in [0.3, 0.4) is 0 Å². The van der Waals surface area contributed by atoms with E-state index in [0.29, 0.717) is 30.4 Å². The van der Waals surface area contributed by atoms with Gasteiger partial charge in [0.1, 0.15) is 18.2 Å². The average molecular weight is 609 g/mol. The van der Waals surface area contributed by atoms with Gasteiger partial charge in [-0.25, -0.2) is 9.18 Å². The highest BCUT2D eigenvalue weighted by molar-refractivity contribution is 6.00. The molecule has 1 aliphatic heterocycles. The Balaban J connectivity index is 1.13. The fraction of sp³-hybridized carbons (Fsp3) is 0.235. The molecule has 4 N–H and O–H groups in total. The maximum absolute atomic E-state index is 13.7. The van der Waals surface area contributed by atoms with Crippen LogP contribution in [0, 0.1) is 5.82 Å². The average Bonchev–Trinajstić information content (AvgIpc) is 3.46. The van der Waals surface area contributed by atoms with Crippen molar-refractivity contribution in [1.29, 1.82) is 0 Å². The van der Waals surface area contributed by atoms with E-state index in [-0.39, 0.29) is 30.7 Å². The van der Waals surface area contributed by atoms with Crippen LogP contribution in [0.5, 0.6) is 5.75 Å². The number of H-pyrrole nitrogens is 1. The Kier molecular flexibility index (Phi) is 8.58. The second-order valence-corrected chi connectivity index (χ2v) is 11.0. The third kappa shape index (κ3) is 6.57. The van der Waals surface area contributed by atoms with Crippen LogP contribution < -0.4 is 15.8 Å². The molecular weight excluding hydrogens is 575 g/mol. The van der Waals surface area contributed by atoms with E-state index in [0.717, 1.165) is 52.2 Å². The molecule has 45 heavy (non-hydrogen) atoms. The van der Waals surface area contributed by atoms with E-state index < -0.39 is 11.7 Å². The number of hydrogen-bond donors (Lipinski definition) is 3. The first-order valence-corrected chi connectivity index (χ1v) is 14.7. The Morgan fingerprint density at radius 3 is 2.51 bits per heavy atom. The van der Waals surface area contributed by atoms with E-state index >= 15 is 0 Å². The van der Waals surface area contributed by atoms with Crippen LogP contribution in [0.1, 0.15) is 45.9 Å². The first kappa shape index (κ1) is 29.6. The molecule has 0 spiro atoms. The maximum Gasteiger partial charge on any atom is 0.410 e. The van der Waals surface area contributed by atoms with Crippen molar-refractivity contribution in [1.82, 2.24) is 25.4 Å². The third-order valence-corrected chi connectivity index (χ3v) is 8.06. The van der Waals surface area contributed by atoms with Gasteiger partial charge in [-0.15, -0.1) is 0 Å². The van der Waals surface area contributed by atoms with E-state index in [1.54, 1.807) is 4.90 Å². The molecule has 0 saturated carbocycles. The number of fused-ring (bicyclic) bond motifs is 1. The number of benzene rings is 3. The number of nitrogens with two attached hydrogens (primary N) is 1. The van der Waals surface area contributed by atoms with E-state index in [1.807, 2.05) is 60.7 Å². The first-order chi connectivity index (χ1) is 21.9. The van der Waals surface area contributed by atoms with Gasteiger partial charge in [0.2, 0.25) is 0 Å². The van der Waals surface area contributed by atoms with Gasteiger partial charge in [0, 0.05) is 36.8 Å². The van der Waals surface area contributed by atoms with Crippen LogP contribution in [0.25, 0.3) is 22.2 Å². The number of amides is 2. The molecule has 11 heteroatoms. The van der Waals surface area contributed by atoms with Crippen LogP contribution in [0.15, 0.2) is 78.9 Å². The number of rotatable bonds is 8. The van der Waals surface area contributed by atoms with Gasteiger partial charge >= 0.3 is 6.09 Å². The molecule has 2 aromatic heterocycles. The van der Waals surface area contributed by atoms with Gasteiger partial charge in [-0.05, 0) is 48.2 Å². The summed E-state index contributed by atoms with van der Waals surface area (Å²) in [7, 11) is 1.43. The fourth-order valence-corrected chi connectivity index (χ4v) is 5.59. The van der Waals surface area contributed by atoms with Crippen molar-refractivity contribution in [3.63, 3.8) is 0 Å². The Hall–Kier alpha value is -5.45. The summed E-state index contributed by atoms with van der Waals surface area (Å²) in [4.78, 5) is 32.2. The zero-order valence-electron chi connectivity index (χ0n) is 24.8. The molecule has 1 fully saturated rings. The molecule has 1 aliphatic rings. The Labute approximate surface area is 259 Å². The lowest BCUT2D eigenvalue weighted by Crippen LogP contribution is -2.38. The number of ether oxygens (including phenoxy) is 2. The second-order valence-electron chi connectivity index (χ2n) is 11.0. The molecular formula is C34H33FN6O4. The molecule has 0 unspecified atom stereocenters. The van der Waals surface area contributed by atoms with Crippen molar-refractivity contribution in [2.24, 2.45) is 0 Å². The number of nitrogens with one attached hydrogen (secondary N) is 2. The number of carbonyl (C=O) groups excluding carboxylic acids is 2. The molecule has 1 saturated heterocycles. The minimum atomic E-state index is -0.517. The van der Waals surface area contributed by atoms with Gasteiger partial charge in [0.25, 0.3) is 5.91 Å². The number of aromatic nitrogens is 3. The zero-order valence-corrected chi connectivity index (χ0v) is 24.8. The SMILES string of the molecule is COc1ccc(F)cc1C(=O)NCc1ccc(-c2nc(C3CCN(C(=O)OCc4ccccc4)CC3)cc3[nH]nc(N)c23)cc1. The molecule has 0 aliphatic carbocycles. The van der Waals surface area contributed by atoms with Crippen molar-refractivity contribution >= 4 is 28.7 Å². The van der Waals surface area contributed by atoms with E-state index in [4.69, 9.17) is 20.2 Å². The molecule has 230 valence electrons. The minimum absolute atomic E-state index is 0.128. The van der Waals surface area contributed by atoms with Crippen molar-refractivity contribution in [3.8, 4) is 17.0 Å². The van der Waals surface area contributed by atoms with Crippen molar-refractivity contribution in [2.75, 3.05) is 25.9 Å². The second kappa shape index (κ2) is 13.0. The Morgan fingerprint density at radius 1 is 1.02 bits per heavy atom. The number of methoxy groups -OCH3 is 1. The van der Waals surface area contributed by atoms with Gasteiger partial charge in [-0.1, -0.05) is 54.6 Å². The molecule has 10 nitrogen and oxygen atoms in total. The lowest BCUT2D eigenvalue weighted by Gasteiger charge is -2.31. The topological polar surface area (TPSA) is 135 Å². The van der Waals surface area contributed by atoms with E-state index in [9.17, 15) is 14.0 Å². The van der Waals surface area contributed by atoms with Crippen molar-refractivity contribution in [3.05, 3.63) is 107 Å². The van der Waals surface area contributed by atoms with Crippen LogP contribution in [0.4, 0.5) is 15.0 Å². The Morgan fingerprint density at radius 2 is 1.78 bits per heavy atom. The molecule has 3 aromatic carbocycles. The summed E-state index contributed by atoms with van der Waals surface area (Å²) in [6, 6.07) is 23.1. The fourth-order valence-electron chi connectivity index (χ4n) is 5.59. The van der Waals surface area contributed by atoms with Gasteiger partial charge in [-0.3, -0.25) is 14.9 Å². The summed E-state index contributed by atoms with van der Waals surface area (Å²) in [6.07, 6.45) is 1.18. The zero-order chi connectivity index (χ0) is 31.3. The number of likely N-dealkylation sites (tertiary alicyclic amines) is 1. The molecule has 6 rings (SSSR count). The summed E-state index contributed by atoms with van der Waals surface area (Å²) in [5.41, 5.74) is 11.4. The standard InChI is InChI=1S/C34H33FN6O4/c1-44-29-12-11-25(35)17-26(29)33(42)37-19-21-7-9-24(10-8-21)31-30-28(39-40-32(30)36)18-27(38-31)23-13-15-41(16-14-23)34(43)45-20-22-5-3-2-4-6-22/h2-12,17-18,23H,13-16,19-20H2,1H3,(H,37,42)(H3,36,39,40). The largest absolute Gasteiger partial charge is 0.496 e. The quantitative estimate of drug-likeness (QED) is 0.203. The number of carbonyl (C=O) groups is 2. The number of anilines is 1. The normalized spacial score (nSPS) is 13.5. The smallest absolute Gasteiger partial charge is 0.410 e. The predicted octanol–water partition coefficient (Wildman–Crippen LogP) is 5.80. The number of halogens is 1. The Bertz CT molecular complexity index is 1820. The van der Waals surface area contributed by atoms with Crippen LogP contribution in [0.2, 0.25) is 0 Å². The van der Waals surface area contributed by atoms with E-state index in [2.05, 4.69) is 15.5 Å². The van der Waals surface area contributed by atoms with Gasteiger partial charge in [-0.2, -0.15) is 5.10 Å². The molecule has 3 heterocycles. The highest BCUT2D eigenvalue weighted by Gasteiger charge is 2.27. The van der Waals surface area contributed by atoms with Crippen molar-refractivity contribution < 1.29 is 23.5 Å². The summed E-state index contributed by atoms with van der Waals surface area (Å²) >= 11 is 0. The number of nitrogen functional groups attached to an aromatic ring is 1. The molecule has 0 radical (unpaired) electrons. The number of piperidine rings is 1. The van der Waals surface area contributed by atoms with Gasteiger partial charge in [0.15, 0.2) is 5.82 Å². The molecule has 2 amide bonds. The lowest BCUT2D eigenvalue weighted by molar-refractivity contribution is 0.0868. The minimum Gasteiger partial charge on any atom is -0.496 e. The van der Waals surface area contributed by atoms with E-state index in [1.165, 1.54) is 19.2 Å². The van der Waals surface area contributed by atoms with Crippen LogP contribution in [-0.4, -0.2) is 52.3 Å². The first-order valence-electron chi connectivity index (χ1n) is 14.7. The third-order valence-electron chi connectivity index (χ3n) is 8.06. The molecule has 0 bridgehead atoms. The molecule has 5 aromatic rings. The highest BCUT2D eigenvalue weighted by Crippen LogP contribution is 2.35. The highest BCUT2D eigenvalue weighted by atomic mass is 19.1. The maximum atomic E-state index is 13.7.